The van der Waals surface area contributed by atoms with Crippen LogP contribution in [0.5, 0.6) is 5.75 Å². The highest BCUT2D eigenvalue weighted by Crippen LogP contribution is 2.31. The van der Waals surface area contributed by atoms with Gasteiger partial charge < -0.3 is 15.2 Å². The number of fused-ring (bicyclic) bond motifs is 1. The van der Waals surface area contributed by atoms with Crippen molar-refractivity contribution in [2.75, 3.05) is 6.61 Å². The molecule has 1 amide bonds. The molecular formula is C27H24N2O4. The molecule has 1 aliphatic carbocycles. The summed E-state index contributed by atoms with van der Waals surface area (Å²) in [7, 11) is 0. The second-order valence-corrected chi connectivity index (χ2v) is 8.37. The van der Waals surface area contributed by atoms with Gasteiger partial charge >= 0.3 is 5.97 Å². The van der Waals surface area contributed by atoms with E-state index >= 15 is 0 Å². The first-order valence-electron chi connectivity index (χ1n) is 10.8. The molecule has 0 heterocycles. The van der Waals surface area contributed by atoms with Crippen LogP contribution in [-0.4, -0.2) is 29.1 Å². The third-order valence-corrected chi connectivity index (χ3v) is 5.96. The van der Waals surface area contributed by atoms with Gasteiger partial charge in [-0.15, -0.1) is 0 Å². The van der Waals surface area contributed by atoms with Crippen LogP contribution in [0.25, 0.3) is 0 Å². The van der Waals surface area contributed by atoms with Crippen LogP contribution in [0.3, 0.4) is 0 Å². The summed E-state index contributed by atoms with van der Waals surface area (Å²) in [5, 5.41) is 22.1. The summed E-state index contributed by atoms with van der Waals surface area (Å²) in [4.78, 5) is 25.2. The maximum atomic E-state index is 13.0. The molecule has 0 fully saturated rings. The SMILES string of the molecule is Cc1cccc(CCOc2cc(C(=O)NC3(C(=O)O)Cc4ccccc4C3)ccc2C#N)c1. The molecule has 0 saturated carbocycles. The van der Waals surface area contributed by atoms with Crippen molar-refractivity contribution in [3.05, 3.63) is 100 Å². The first kappa shape index (κ1) is 22.1. The molecule has 0 aliphatic heterocycles. The summed E-state index contributed by atoms with van der Waals surface area (Å²) in [5.41, 5.74) is 3.27. The van der Waals surface area contributed by atoms with Crippen LogP contribution in [0.1, 0.15) is 38.2 Å². The number of ether oxygens (including phenoxy) is 1. The summed E-state index contributed by atoms with van der Waals surface area (Å²) < 4.78 is 5.84. The van der Waals surface area contributed by atoms with E-state index < -0.39 is 17.4 Å². The van der Waals surface area contributed by atoms with Gasteiger partial charge in [0.25, 0.3) is 5.91 Å². The Morgan fingerprint density at radius 3 is 2.42 bits per heavy atom. The molecule has 3 aromatic carbocycles. The average molecular weight is 440 g/mol. The van der Waals surface area contributed by atoms with Crippen molar-refractivity contribution in [1.82, 2.24) is 5.32 Å². The van der Waals surface area contributed by atoms with Gasteiger partial charge in [0.05, 0.1) is 12.2 Å². The van der Waals surface area contributed by atoms with Gasteiger partial charge in [-0.25, -0.2) is 4.79 Å². The minimum atomic E-state index is -1.40. The van der Waals surface area contributed by atoms with E-state index in [4.69, 9.17) is 4.74 Å². The van der Waals surface area contributed by atoms with Crippen molar-refractivity contribution in [3.63, 3.8) is 0 Å². The molecular weight excluding hydrogens is 416 g/mol. The predicted molar refractivity (Wildman–Crippen MR) is 123 cm³/mol. The van der Waals surface area contributed by atoms with E-state index in [2.05, 4.69) is 17.5 Å². The summed E-state index contributed by atoms with van der Waals surface area (Å²) in [6.45, 7) is 2.37. The van der Waals surface area contributed by atoms with Gasteiger partial charge in [0.1, 0.15) is 17.4 Å². The van der Waals surface area contributed by atoms with Crippen molar-refractivity contribution in [1.29, 1.82) is 5.26 Å². The maximum absolute atomic E-state index is 13.0. The quantitative estimate of drug-likeness (QED) is 0.582. The van der Waals surface area contributed by atoms with E-state index in [1.165, 1.54) is 18.2 Å². The van der Waals surface area contributed by atoms with Crippen LogP contribution in [0.4, 0.5) is 0 Å². The molecule has 33 heavy (non-hydrogen) atoms. The lowest BCUT2D eigenvalue weighted by molar-refractivity contribution is -0.144. The van der Waals surface area contributed by atoms with Crippen LogP contribution < -0.4 is 10.1 Å². The van der Waals surface area contributed by atoms with Crippen LogP contribution in [0.2, 0.25) is 0 Å². The molecule has 0 unspecified atom stereocenters. The van der Waals surface area contributed by atoms with Crippen molar-refractivity contribution < 1.29 is 19.4 Å². The Labute approximate surface area is 192 Å². The van der Waals surface area contributed by atoms with Gasteiger partial charge in [0, 0.05) is 24.8 Å². The number of nitriles is 1. The smallest absolute Gasteiger partial charge is 0.330 e. The summed E-state index contributed by atoms with van der Waals surface area (Å²) in [6, 6.07) is 22.2. The normalized spacial score (nSPS) is 13.6. The van der Waals surface area contributed by atoms with E-state index in [9.17, 15) is 20.0 Å². The third-order valence-electron chi connectivity index (χ3n) is 5.96. The summed E-state index contributed by atoms with van der Waals surface area (Å²) >= 11 is 0. The Balaban J connectivity index is 1.50. The standard InChI is InChI=1S/C27H24N2O4/c1-18-5-4-6-19(13-18)11-12-33-24-14-20(9-10-23(24)17-28)25(30)29-27(26(31)32)15-21-7-2-3-8-22(21)16-27/h2-10,13-14H,11-12,15-16H2,1H3,(H,29,30)(H,31,32). The Bertz CT molecular complexity index is 1230. The average Bonchev–Trinajstić information content (AvgIpc) is 3.18. The summed E-state index contributed by atoms with van der Waals surface area (Å²) in [5.74, 6) is -1.29. The number of carboxylic acid groups (broad SMARTS) is 1. The molecule has 0 atom stereocenters. The molecule has 3 aromatic rings. The molecule has 1 aliphatic rings. The highest BCUT2D eigenvalue weighted by atomic mass is 16.5. The Hall–Kier alpha value is -4.11. The molecule has 0 radical (unpaired) electrons. The zero-order chi connectivity index (χ0) is 23.4. The second-order valence-electron chi connectivity index (χ2n) is 8.37. The van der Waals surface area contributed by atoms with Crippen LogP contribution in [-0.2, 0) is 24.1 Å². The highest BCUT2D eigenvalue weighted by molar-refractivity contribution is 5.99. The number of carbonyl (C=O) groups is 2. The highest BCUT2D eigenvalue weighted by Gasteiger charge is 2.45. The molecule has 0 aromatic heterocycles. The van der Waals surface area contributed by atoms with Gasteiger partial charge in [-0.1, -0.05) is 54.1 Å². The van der Waals surface area contributed by atoms with Gasteiger partial charge in [-0.2, -0.15) is 5.26 Å². The first-order chi connectivity index (χ1) is 15.9. The zero-order valence-corrected chi connectivity index (χ0v) is 18.3. The lowest BCUT2D eigenvalue weighted by atomic mass is 9.95. The second kappa shape index (κ2) is 9.17. The molecule has 6 heteroatoms. The fourth-order valence-electron chi connectivity index (χ4n) is 4.22. The van der Waals surface area contributed by atoms with Crippen molar-refractivity contribution in [3.8, 4) is 11.8 Å². The van der Waals surface area contributed by atoms with Crippen LogP contribution in [0, 0.1) is 18.3 Å². The van der Waals surface area contributed by atoms with Gasteiger partial charge in [-0.05, 0) is 41.8 Å². The third kappa shape index (κ3) is 4.73. The number of carbonyl (C=O) groups excluding carboxylic acids is 1. The number of nitrogens with one attached hydrogen (secondary N) is 1. The molecule has 0 spiro atoms. The van der Waals surface area contributed by atoms with E-state index in [1.807, 2.05) is 49.4 Å². The van der Waals surface area contributed by atoms with Gasteiger partial charge in [0.15, 0.2) is 0 Å². The van der Waals surface area contributed by atoms with Crippen LogP contribution >= 0.6 is 0 Å². The number of benzene rings is 3. The van der Waals surface area contributed by atoms with Crippen molar-refractivity contribution in [2.45, 2.75) is 31.7 Å². The Morgan fingerprint density at radius 2 is 1.79 bits per heavy atom. The van der Waals surface area contributed by atoms with Crippen molar-refractivity contribution >= 4 is 11.9 Å². The Kier molecular flexibility index (Phi) is 6.14. The minimum Gasteiger partial charge on any atom is -0.492 e. The minimum absolute atomic E-state index is 0.223. The fourth-order valence-corrected chi connectivity index (χ4v) is 4.22. The Morgan fingerprint density at radius 1 is 1.06 bits per heavy atom. The number of aliphatic carboxylic acids is 1. The fraction of sp³-hybridized carbons (Fsp3) is 0.222. The number of rotatable bonds is 7. The monoisotopic (exact) mass is 440 g/mol. The number of nitrogens with zero attached hydrogens (tertiary/aromatic N) is 1. The predicted octanol–water partition coefficient (Wildman–Crippen LogP) is 3.84. The first-order valence-corrected chi connectivity index (χ1v) is 10.8. The zero-order valence-electron chi connectivity index (χ0n) is 18.3. The number of carboxylic acids is 1. The molecule has 0 bridgehead atoms. The number of hydrogen-bond acceptors (Lipinski definition) is 4. The maximum Gasteiger partial charge on any atom is 0.330 e. The van der Waals surface area contributed by atoms with Gasteiger partial charge in [-0.3, -0.25) is 4.79 Å². The molecule has 4 rings (SSSR count). The largest absolute Gasteiger partial charge is 0.492 e. The van der Waals surface area contributed by atoms with Gasteiger partial charge in [0.2, 0.25) is 0 Å². The lowest BCUT2D eigenvalue weighted by Gasteiger charge is -2.25. The van der Waals surface area contributed by atoms with E-state index in [-0.39, 0.29) is 18.4 Å². The summed E-state index contributed by atoms with van der Waals surface area (Å²) in [6.07, 6.45) is 1.10. The molecule has 6 nitrogen and oxygen atoms in total. The van der Waals surface area contributed by atoms with Crippen molar-refractivity contribution in [2.24, 2.45) is 0 Å². The molecule has 0 saturated heterocycles. The molecule has 2 N–H and O–H groups in total. The van der Waals surface area contributed by atoms with E-state index in [0.717, 1.165) is 22.3 Å². The van der Waals surface area contributed by atoms with E-state index in [0.29, 0.717) is 24.3 Å². The topological polar surface area (TPSA) is 99.4 Å². The van der Waals surface area contributed by atoms with E-state index in [1.54, 1.807) is 0 Å². The number of amides is 1. The van der Waals surface area contributed by atoms with Crippen LogP contribution in [0.15, 0.2) is 66.7 Å². The number of aryl methyl sites for hydroxylation is 1. The lowest BCUT2D eigenvalue weighted by Crippen LogP contribution is -2.55. The number of hydrogen-bond donors (Lipinski definition) is 2. The molecule has 166 valence electrons.